The fourth-order valence-corrected chi connectivity index (χ4v) is 1.81. The van der Waals surface area contributed by atoms with Gasteiger partial charge in [-0.25, -0.2) is 15.0 Å². The van der Waals surface area contributed by atoms with Crippen LogP contribution in [0.1, 0.15) is 26.2 Å². The van der Waals surface area contributed by atoms with Crippen molar-refractivity contribution in [3.8, 4) is 12.0 Å². The van der Waals surface area contributed by atoms with Gasteiger partial charge in [0.1, 0.15) is 0 Å². The smallest absolute Gasteiger partial charge is 0.442 e. The van der Waals surface area contributed by atoms with Gasteiger partial charge in [-0.2, -0.15) is 0 Å². The number of hydrogen-bond acceptors (Lipinski definition) is 5. The van der Waals surface area contributed by atoms with Gasteiger partial charge in [0, 0.05) is 19.1 Å². The number of ether oxygens (including phenoxy) is 1. The van der Waals surface area contributed by atoms with Crippen LogP contribution < -0.4 is 11.2 Å². The van der Waals surface area contributed by atoms with E-state index in [9.17, 15) is 9.59 Å². The van der Waals surface area contributed by atoms with E-state index in [1.165, 1.54) is 5.12 Å². The molecule has 1 fully saturated rings. The van der Waals surface area contributed by atoms with Crippen molar-refractivity contribution in [2.24, 2.45) is 5.73 Å². The molecule has 0 aliphatic carbocycles. The van der Waals surface area contributed by atoms with E-state index >= 15 is 0 Å². The number of nitrogens with one attached hydrogen (secondary N) is 1. The van der Waals surface area contributed by atoms with Crippen LogP contribution >= 0.6 is 22.6 Å². The molecule has 0 atom stereocenters. The van der Waals surface area contributed by atoms with E-state index < -0.39 is 12.1 Å². The average Bonchev–Trinajstić information content (AvgIpc) is 2.96. The molecule has 0 bridgehead atoms. The Kier molecular flexibility index (Phi) is 8.17. The summed E-state index contributed by atoms with van der Waals surface area (Å²) in [4.78, 5) is 23.8. The average molecular weight is 409 g/mol. The number of urea groups is 1. The molecule has 3 N–H and O–H groups in total. The summed E-state index contributed by atoms with van der Waals surface area (Å²) in [6, 6.07) is 1.79. The molecule has 0 radical (unpaired) electrons. The van der Waals surface area contributed by atoms with Gasteiger partial charge in [-0.05, 0) is 12.8 Å². The molecule has 1 aliphatic heterocycles. The van der Waals surface area contributed by atoms with Crippen molar-refractivity contribution in [2.45, 2.75) is 26.2 Å². The zero-order valence-corrected chi connectivity index (χ0v) is 14.1. The maximum Gasteiger partial charge on any atom is 0.442 e. The number of rotatable bonds is 4. The summed E-state index contributed by atoms with van der Waals surface area (Å²) < 4.78 is 5.62. The van der Waals surface area contributed by atoms with Crippen LogP contribution in [-0.4, -0.2) is 51.5 Å². The third kappa shape index (κ3) is 5.56. The van der Waals surface area contributed by atoms with Crippen LogP contribution in [0, 0.1) is 12.0 Å². The fraction of sp³-hybridized carbons (Fsp3) is 0.667. The van der Waals surface area contributed by atoms with Crippen LogP contribution in [0.25, 0.3) is 0 Å². The van der Waals surface area contributed by atoms with Crippen LogP contribution in [0.15, 0.2) is 0 Å². The van der Waals surface area contributed by atoms with Crippen LogP contribution in [0.4, 0.5) is 9.59 Å². The monoisotopic (exact) mass is 409 g/mol. The highest BCUT2D eigenvalue weighted by Crippen LogP contribution is 2.08. The third-order valence-electron chi connectivity index (χ3n) is 2.60. The number of hydrogen-bond donors (Lipinski definition) is 2. The second-order valence-corrected chi connectivity index (χ2v) is 4.98. The van der Waals surface area contributed by atoms with E-state index in [-0.39, 0.29) is 6.61 Å². The topological polar surface area (TPSA) is 91.1 Å². The van der Waals surface area contributed by atoms with E-state index in [1.807, 2.05) is 6.92 Å². The van der Waals surface area contributed by atoms with Crippen molar-refractivity contribution in [3.63, 3.8) is 0 Å². The summed E-state index contributed by atoms with van der Waals surface area (Å²) in [6.07, 6.45) is 1.77. The van der Waals surface area contributed by atoms with Crippen LogP contribution in [0.5, 0.6) is 0 Å². The van der Waals surface area contributed by atoms with Gasteiger partial charge in [0.25, 0.3) is 0 Å². The van der Waals surface area contributed by atoms with Crippen LogP contribution in [-0.2, 0) is 4.74 Å². The predicted molar refractivity (Wildman–Crippen MR) is 85.5 cm³/mol. The molecular formula is C12H20IN5O3. The number of carbonyl (C=O) groups excluding carboxylic acids is 2. The maximum atomic E-state index is 12.1. The highest BCUT2D eigenvalue weighted by atomic mass is 127. The lowest BCUT2D eigenvalue weighted by molar-refractivity contribution is -0.110. The van der Waals surface area contributed by atoms with Crippen molar-refractivity contribution < 1.29 is 14.3 Å². The molecule has 3 amide bonds. The molecule has 1 heterocycles. The molecule has 9 heteroatoms. The van der Waals surface area contributed by atoms with Gasteiger partial charge in [0.2, 0.25) is 0 Å². The Morgan fingerprint density at radius 1 is 1.52 bits per heavy atom. The molecule has 8 nitrogen and oxygen atoms in total. The summed E-state index contributed by atoms with van der Waals surface area (Å²) in [5.74, 6) is 2.74. The second kappa shape index (κ2) is 9.64. The van der Waals surface area contributed by atoms with Crippen molar-refractivity contribution >= 4 is 34.7 Å². The normalized spacial score (nSPS) is 14.2. The molecule has 0 aromatic rings. The van der Waals surface area contributed by atoms with Gasteiger partial charge < -0.3 is 10.5 Å². The van der Waals surface area contributed by atoms with Crippen molar-refractivity contribution in [1.29, 1.82) is 0 Å². The molecule has 1 saturated heterocycles. The molecule has 118 valence electrons. The summed E-state index contributed by atoms with van der Waals surface area (Å²) in [6.45, 7) is 3.51. The summed E-state index contributed by atoms with van der Waals surface area (Å²) in [5, 5.41) is 3.35. The molecule has 0 aromatic carbocycles. The van der Waals surface area contributed by atoms with Crippen molar-refractivity contribution in [3.05, 3.63) is 0 Å². The van der Waals surface area contributed by atoms with E-state index in [2.05, 4.69) is 40.0 Å². The summed E-state index contributed by atoms with van der Waals surface area (Å²) >= 11 is 2.05. The summed E-state index contributed by atoms with van der Waals surface area (Å²) in [7, 11) is 0. The Bertz CT molecular complexity index is 417. The fourth-order valence-electron chi connectivity index (χ4n) is 1.64. The van der Waals surface area contributed by atoms with Gasteiger partial charge in [0.15, 0.2) is 0 Å². The standard InChI is InChI=1S/C12H20IN5O3/c1-2-3-10-21-12(20)16(8-4-6-13)18(11(14)19)17-9-5-7-15-17/h15H,2-3,5-7,9-10H2,1H3,(H2,14,19). The Morgan fingerprint density at radius 2 is 2.29 bits per heavy atom. The lowest BCUT2D eigenvalue weighted by atomic mass is 10.4. The number of carbonyl (C=O) groups is 2. The Labute approximate surface area is 138 Å². The Morgan fingerprint density at radius 3 is 2.81 bits per heavy atom. The predicted octanol–water partition coefficient (Wildman–Crippen LogP) is 1.04. The number of primary amides is 1. The van der Waals surface area contributed by atoms with Crippen molar-refractivity contribution in [1.82, 2.24) is 20.7 Å². The number of hydrazine groups is 3. The molecule has 0 aromatic heterocycles. The molecule has 0 unspecified atom stereocenters. The minimum atomic E-state index is -0.806. The third-order valence-corrected chi connectivity index (χ3v) is 2.99. The van der Waals surface area contributed by atoms with E-state index in [1.54, 1.807) is 0 Å². The first-order chi connectivity index (χ1) is 10.1. The Balaban J connectivity index is 2.86. The molecule has 1 rings (SSSR count). The number of halogens is 1. The van der Waals surface area contributed by atoms with E-state index in [0.29, 0.717) is 17.5 Å². The first-order valence-electron chi connectivity index (χ1n) is 6.73. The lowest BCUT2D eigenvalue weighted by Crippen LogP contribution is -2.60. The number of nitrogens with zero attached hydrogens (tertiary/aromatic N) is 3. The van der Waals surface area contributed by atoms with Gasteiger partial charge >= 0.3 is 12.1 Å². The largest absolute Gasteiger partial charge is 0.447 e. The minimum absolute atomic E-state index is 0.276. The van der Waals surface area contributed by atoms with Gasteiger partial charge in [-0.15, -0.1) is 15.2 Å². The number of nitrogens with two attached hydrogens (primary N) is 1. The minimum Gasteiger partial charge on any atom is -0.447 e. The summed E-state index contributed by atoms with van der Waals surface area (Å²) in [5.41, 5.74) is 8.32. The van der Waals surface area contributed by atoms with Crippen LogP contribution in [0.2, 0.25) is 0 Å². The van der Waals surface area contributed by atoms with E-state index in [4.69, 9.17) is 10.5 Å². The first kappa shape index (κ1) is 17.8. The SMILES string of the molecule is CCCCOC(=O)N(C#CCI)N(C(N)=O)N1CCCN1. The first-order valence-corrected chi connectivity index (χ1v) is 8.26. The van der Waals surface area contributed by atoms with E-state index in [0.717, 1.165) is 29.4 Å². The zero-order valence-electron chi connectivity index (χ0n) is 12.0. The van der Waals surface area contributed by atoms with Gasteiger partial charge in [0.05, 0.1) is 11.0 Å². The van der Waals surface area contributed by atoms with Crippen LogP contribution in [0.3, 0.4) is 0 Å². The molecule has 21 heavy (non-hydrogen) atoms. The van der Waals surface area contributed by atoms with Gasteiger partial charge in [-0.3, -0.25) is 0 Å². The Hall–Kier alpha value is -1.25. The molecule has 0 saturated carbocycles. The highest BCUT2D eigenvalue weighted by molar-refractivity contribution is 14.1. The number of amides is 3. The number of alkyl halides is 1. The second-order valence-electron chi connectivity index (χ2n) is 4.21. The quantitative estimate of drug-likeness (QED) is 0.181. The van der Waals surface area contributed by atoms with Crippen molar-refractivity contribution in [2.75, 3.05) is 24.1 Å². The van der Waals surface area contributed by atoms with Gasteiger partial charge in [-0.1, -0.05) is 41.9 Å². The molecule has 0 spiro atoms. The highest BCUT2D eigenvalue weighted by Gasteiger charge is 2.32. The molecule has 1 aliphatic rings. The lowest BCUT2D eigenvalue weighted by Gasteiger charge is -2.33. The molecular weight excluding hydrogens is 389 g/mol. The zero-order chi connectivity index (χ0) is 15.7. The number of unbranched alkanes of at least 4 members (excludes halogenated alkanes) is 1. The maximum absolute atomic E-state index is 12.1.